The van der Waals surface area contributed by atoms with Gasteiger partial charge in [-0.25, -0.2) is 15.0 Å². The average Bonchev–Trinajstić information content (AvgIpc) is 3.28. The standard InChI is InChI=1S/C25H27F3N4O3S/c1-14-9-15(11-16(10-14)31-22-29-8-6-19(32-22)25(26,27)28)18-12-30-21(36-18)24(34)7-5-17(20(33)35-4)23(2,3)13-24/h6,8-12,17,34H,5,7,13H2,1-4H3,(H,29,31,32)/t17-,24-/m1/s1/i8D. The van der Waals surface area contributed by atoms with E-state index in [1.54, 1.807) is 18.3 Å². The molecule has 0 radical (unpaired) electrons. The van der Waals surface area contributed by atoms with Crippen LogP contribution in [0.2, 0.25) is 0 Å². The molecule has 0 spiro atoms. The highest BCUT2D eigenvalue weighted by Crippen LogP contribution is 2.51. The van der Waals surface area contributed by atoms with Crippen LogP contribution in [0.1, 0.15) is 50.7 Å². The number of methoxy groups -OCH3 is 1. The molecule has 11 heteroatoms. The van der Waals surface area contributed by atoms with Gasteiger partial charge in [0.2, 0.25) is 5.95 Å². The van der Waals surface area contributed by atoms with Crippen molar-refractivity contribution in [3.63, 3.8) is 0 Å². The number of aryl methyl sites for hydroxylation is 1. The van der Waals surface area contributed by atoms with Crippen LogP contribution in [0.15, 0.2) is 36.6 Å². The zero-order valence-corrected chi connectivity index (χ0v) is 21.0. The summed E-state index contributed by atoms with van der Waals surface area (Å²) in [5.74, 6) is -0.931. The van der Waals surface area contributed by atoms with Gasteiger partial charge in [-0.1, -0.05) is 19.9 Å². The second kappa shape index (κ2) is 9.44. The Labute approximate surface area is 212 Å². The Morgan fingerprint density at radius 3 is 2.72 bits per heavy atom. The number of aromatic nitrogens is 3. The molecule has 36 heavy (non-hydrogen) atoms. The summed E-state index contributed by atoms with van der Waals surface area (Å²) >= 11 is 1.32. The molecule has 2 aromatic heterocycles. The summed E-state index contributed by atoms with van der Waals surface area (Å²) in [5, 5.41) is 14.8. The quantitative estimate of drug-likeness (QED) is 0.406. The lowest BCUT2D eigenvalue weighted by Crippen LogP contribution is -2.45. The van der Waals surface area contributed by atoms with Crippen molar-refractivity contribution >= 4 is 28.9 Å². The van der Waals surface area contributed by atoms with E-state index in [1.807, 2.05) is 26.8 Å². The van der Waals surface area contributed by atoms with Gasteiger partial charge in [0.25, 0.3) is 0 Å². The molecule has 2 N–H and O–H groups in total. The Morgan fingerprint density at radius 2 is 2.06 bits per heavy atom. The number of anilines is 2. The number of alkyl halides is 3. The average molecular weight is 522 g/mol. The maximum Gasteiger partial charge on any atom is 0.433 e. The predicted octanol–water partition coefficient (Wildman–Crippen LogP) is 5.86. The van der Waals surface area contributed by atoms with Crippen LogP contribution in [0, 0.1) is 18.3 Å². The van der Waals surface area contributed by atoms with Gasteiger partial charge in [-0.15, -0.1) is 11.3 Å². The summed E-state index contributed by atoms with van der Waals surface area (Å²) in [4.78, 5) is 24.7. The molecule has 3 aromatic rings. The van der Waals surface area contributed by atoms with Crippen LogP contribution in [-0.2, 0) is 21.3 Å². The number of esters is 1. The normalized spacial score (nSPS) is 22.1. The Morgan fingerprint density at radius 1 is 1.31 bits per heavy atom. The van der Waals surface area contributed by atoms with Gasteiger partial charge in [0, 0.05) is 18.1 Å². The molecule has 0 saturated heterocycles. The first-order valence-corrected chi connectivity index (χ1v) is 12.1. The fraction of sp³-hybridized carbons (Fsp3) is 0.440. The minimum absolute atomic E-state index is 0.283. The highest BCUT2D eigenvalue weighted by atomic mass is 32.1. The van der Waals surface area contributed by atoms with Gasteiger partial charge in [0.1, 0.15) is 16.3 Å². The van der Waals surface area contributed by atoms with E-state index in [0.29, 0.717) is 36.0 Å². The zero-order valence-electron chi connectivity index (χ0n) is 21.2. The molecule has 0 bridgehead atoms. The number of hydrogen-bond donors (Lipinski definition) is 2. The van der Waals surface area contributed by atoms with Gasteiger partial charge in [-0.05, 0) is 60.9 Å². The lowest BCUT2D eigenvalue weighted by atomic mass is 9.63. The maximum atomic E-state index is 13.1. The third-order valence-corrected chi connectivity index (χ3v) is 7.67. The summed E-state index contributed by atoms with van der Waals surface area (Å²) in [6, 6.07) is 5.91. The Hall–Kier alpha value is -3.05. The molecule has 0 unspecified atom stereocenters. The second-order valence-electron chi connectivity index (χ2n) is 9.76. The molecule has 1 saturated carbocycles. The number of carbonyl (C=O) groups is 1. The van der Waals surface area contributed by atoms with Gasteiger partial charge in [-0.3, -0.25) is 4.79 Å². The number of rotatable bonds is 5. The second-order valence-corrected chi connectivity index (χ2v) is 10.8. The van der Waals surface area contributed by atoms with Crippen molar-refractivity contribution in [2.45, 2.75) is 51.8 Å². The van der Waals surface area contributed by atoms with E-state index in [0.717, 1.165) is 16.0 Å². The molecule has 1 aromatic carbocycles. The fourth-order valence-electron chi connectivity index (χ4n) is 4.78. The number of nitrogens with zero attached hydrogens (tertiary/aromatic N) is 3. The molecule has 192 valence electrons. The molecule has 0 aliphatic heterocycles. The van der Waals surface area contributed by atoms with E-state index >= 15 is 0 Å². The van der Waals surface area contributed by atoms with Crippen molar-refractivity contribution in [3.8, 4) is 10.4 Å². The molecule has 1 fully saturated rings. The van der Waals surface area contributed by atoms with E-state index in [9.17, 15) is 23.1 Å². The van der Waals surface area contributed by atoms with Gasteiger partial charge in [-0.2, -0.15) is 13.2 Å². The summed E-state index contributed by atoms with van der Waals surface area (Å²) in [6.45, 7) is 5.71. The molecule has 1 aliphatic carbocycles. The highest BCUT2D eigenvalue weighted by molar-refractivity contribution is 7.15. The van der Waals surface area contributed by atoms with Gasteiger partial charge in [0.15, 0.2) is 0 Å². The fourth-order valence-corrected chi connectivity index (χ4v) is 5.80. The van der Waals surface area contributed by atoms with E-state index in [1.165, 1.54) is 18.4 Å². The zero-order chi connectivity index (χ0) is 27.2. The molecule has 1 aliphatic rings. The SMILES string of the molecule is [2H]c1cc(C(F)(F)F)nc(Nc2cc(C)cc(-c3cnc([C@@]4(O)CC[C@H](C(=O)OC)C(C)(C)C4)s3)c2)n1. The van der Waals surface area contributed by atoms with E-state index in [-0.39, 0.29) is 17.8 Å². The first kappa shape index (κ1) is 24.6. The number of ether oxygens (including phenoxy) is 1. The maximum absolute atomic E-state index is 13.1. The Balaban J connectivity index is 1.60. The van der Waals surface area contributed by atoms with Crippen LogP contribution in [0.5, 0.6) is 0 Å². The van der Waals surface area contributed by atoms with Crippen molar-refractivity contribution < 1.29 is 29.2 Å². The van der Waals surface area contributed by atoms with Crippen molar-refractivity contribution in [3.05, 3.63) is 52.9 Å². The van der Waals surface area contributed by atoms with Crippen LogP contribution in [0.25, 0.3) is 10.4 Å². The minimum Gasteiger partial charge on any atom is -0.469 e. The van der Waals surface area contributed by atoms with E-state index < -0.39 is 29.1 Å². The first-order valence-electron chi connectivity index (χ1n) is 11.8. The van der Waals surface area contributed by atoms with Gasteiger partial charge < -0.3 is 15.2 Å². The van der Waals surface area contributed by atoms with Crippen LogP contribution in [0.4, 0.5) is 24.8 Å². The van der Waals surface area contributed by atoms with E-state index in [4.69, 9.17) is 6.11 Å². The largest absolute Gasteiger partial charge is 0.469 e. The Bertz CT molecular complexity index is 1330. The van der Waals surface area contributed by atoms with Gasteiger partial charge in [0.05, 0.1) is 19.3 Å². The molecule has 2 heterocycles. The van der Waals surface area contributed by atoms with Crippen LogP contribution >= 0.6 is 11.3 Å². The molecule has 4 rings (SSSR count). The van der Waals surface area contributed by atoms with Crippen LogP contribution < -0.4 is 5.32 Å². The summed E-state index contributed by atoms with van der Waals surface area (Å²) < 4.78 is 51.8. The molecular formula is C25H27F3N4O3S. The Kier molecular flexibility index (Phi) is 6.46. The number of aliphatic hydroxyl groups is 1. The molecular weight excluding hydrogens is 493 g/mol. The summed E-state index contributed by atoms with van der Waals surface area (Å²) in [7, 11) is 1.36. The third-order valence-electron chi connectivity index (χ3n) is 6.43. The smallest absolute Gasteiger partial charge is 0.433 e. The van der Waals surface area contributed by atoms with Gasteiger partial charge >= 0.3 is 12.1 Å². The van der Waals surface area contributed by atoms with Crippen molar-refractivity contribution in [2.75, 3.05) is 12.4 Å². The van der Waals surface area contributed by atoms with Crippen LogP contribution in [-0.4, -0.2) is 33.1 Å². The molecule has 0 amide bonds. The topological polar surface area (TPSA) is 97.2 Å². The number of thiazole rings is 1. The number of carbonyl (C=O) groups excluding carboxylic acids is 1. The summed E-state index contributed by atoms with van der Waals surface area (Å²) in [6.07, 6.45) is -2.42. The number of hydrogen-bond acceptors (Lipinski definition) is 8. The monoisotopic (exact) mass is 521 g/mol. The predicted molar refractivity (Wildman–Crippen MR) is 130 cm³/mol. The molecule has 7 nitrogen and oxygen atoms in total. The highest BCUT2D eigenvalue weighted by Gasteiger charge is 2.49. The number of halogens is 3. The summed E-state index contributed by atoms with van der Waals surface area (Å²) in [5.41, 5.74) is -0.872. The lowest BCUT2D eigenvalue weighted by molar-refractivity contribution is -0.157. The van der Waals surface area contributed by atoms with Crippen LogP contribution in [0.3, 0.4) is 0 Å². The van der Waals surface area contributed by atoms with Crippen molar-refractivity contribution in [1.29, 1.82) is 0 Å². The minimum atomic E-state index is -4.70. The van der Waals surface area contributed by atoms with E-state index in [2.05, 4.69) is 20.3 Å². The van der Waals surface area contributed by atoms with Crippen molar-refractivity contribution in [2.24, 2.45) is 11.3 Å². The first-order chi connectivity index (χ1) is 17.2. The van der Waals surface area contributed by atoms with Crippen molar-refractivity contribution in [1.82, 2.24) is 15.0 Å². The number of nitrogens with one attached hydrogen (secondary N) is 1. The molecule has 2 atom stereocenters. The number of benzene rings is 1. The lowest BCUT2D eigenvalue weighted by Gasteiger charge is -2.44. The third kappa shape index (κ3) is 5.36.